The standard InChI is InChI=1S/C9H8BrFO/c1-12-8-2-3-9(11)7(6-8)4-5-10/h2-6H,1H3/b5-4+. The van der Waals surface area contributed by atoms with Gasteiger partial charge in [0, 0.05) is 5.56 Å². The van der Waals surface area contributed by atoms with Crippen molar-refractivity contribution < 1.29 is 9.13 Å². The molecule has 0 aliphatic heterocycles. The Hall–Kier alpha value is -0.830. The number of benzene rings is 1. The summed E-state index contributed by atoms with van der Waals surface area (Å²) in [5.41, 5.74) is 0.506. The average molecular weight is 231 g/mol. The quantitative estimate of drug-likeness (QED) is 0.759. The maximum atomic E-state index is 13.0. The number of hydrogen-bond acceptors (Lipinski definition) is 1. The molecule has 0 aromatic heterocycles. The monoisotopic (exact) mass is 230 g/mol. The number of halogens is 2. The van der Waals surface area contributed by atoms with Crippen molar-refractivity contribution >= 4 is 22.0 Å². The fraction of sp³-hybridized carbons (Fsp3) is 0.111. The molecule has 0 unspecified atom stereocenters. The van der Waals surface area contributed by atoms with Crippen LogP contribution in [0.2, 0.25) is 0 Å². The summed E-state index contributed by atoms with van der Waals surface area (Å²) >= 11 is 3.08. The highest BCUT2D eigenvalue weighted by atomic mass is 79.9. The van der Waals surface area contributed by atoms with E-state index in [-0.39, 0.29) is 5.82 Å². The number of methoxy groups -OCH3 is 1. The van der Waals surface area contributed by atoms with Gasteiger partial charge in [-0.05, 0) is 29.3 Å². The number of rotatable bonds is 2. The molecule has 0 radical (unpaired) electrons. The van der Waals surface area contributed by atoms with E-state index in [9.17, 15) is 4.39 Å². The van der Waals surface area contributed by atoms with Gasteiger partial charge in [-0.15, -0.1) is 0 Å². The summed E-state index contributed by atoms with van der Waals surface area (Å²) in [5, 5.41) is 0. The van der Waals surface area contributed by atoms with Crippen molar-refractivity contribution in [2.24, 2.45) is 0 Å². The zero-order valence-electron chi connectivity index (χ0n) is 6.55. The molecule has 0 saturated heterocycles. The first-order chi connectivity index (χ1) is 5.77. The third kappa shape index (κ3) is 2.08. The van der Waals surface area contributed by atoms with Crippen LogP contribution < -0.4 is 4.74 Å². The van der Waals surface area contributed by atoms with Crippen LogP contribution in [-0.2, 0) is 0 Å². The minimum Gasteiger partial charge on any atom is -0.497 e. The van der Waals surface area contributed by atoms with Gasteiger partial charge in [0.1, 0.15) is 11.6 Å². The molecule has 0 atom stereocenters. The lowest BCUT2D eigenvalue weighted by Gasteiger charge is -2.01. The van der Waals surface area contributed by atoms with Gasteiger partial charge >= 0.3 is 0 Å². The molecule has 0 amide bonds. The maximum absolute atomic E-state index is 13.0. The van der Waals surface area contributed by atoms with Crippen LogP contribution >= 0.6 is 15.9 Å². The fourth-order valence-electron chi connectivity index (χ4n) is 0.844. The van der Waals surface area contributed by atoms with Gasteiger partial charge < -0.3 is 4.74 Å². The fourth-order valence-corrected chi connectivity index (χ4v) is 1.13. The van der Waals surface area contributed by atoms with Crippen molar-refractivity contribution in [3.63, 3.8) is 0 Å². The van der Waals surface area contributed by atoms with Crippen molar-refractivity contribution in [2.75, 3.05) is 7.11 Å². The highest BCUT2D eigenvalue weighted by Gasteiger charge is 1.99. The lowest BCUT2D eigenvalue weighted by molar-refractivity contribution is 0.413. The van der Waals surface area contributed by atoms with Crippen LogP contribution in [0.25, 0.3) is 6.08 Å². The molecule has 0 bridgehead atoms. The molecule has 1 aromatic rings. The first kappa shape index (κ1) is 9.26. The van der Waals surface area contributed by atoms with Crippen LogP contribution in [0.3, 0.4) is 0 Å². The minimum absolute atomic E-state index is 0.258. The van der Waals surface area contributed by atoms with E-state index in [1.54, 1.807) is 30.3 Å². The largest absolute Gasteiger partial charge is 0.497 e. The van der Waals surface area contributed by atoms with Crippen LogP contribution in [-0.4, -0.2) is 7.11 Å². The van der Waals surface area contributed by atoms with E-state index < -0.39 is 0 Å². The molecule has 12 heavy (non-hydrogen) atoms. The summed E-state index contributed by atoms with van der Waals surface area (Å²) in [7, 11) is 1.55. The molecule has 0 aliphatic carbocycles. The van der Waals surface area contributed by atoms with Gasteiger partial charge in [0.15, 0.2) is 0 Å². The molecule has 1 nitrogen and oxygen atoms in total. The van der Waals surface area contributed by atoms with E-state index in [1.807, 2.05) is 0 Å². The number of hydrogen-bond donors (Lipinski definition) is 0. The van der Waals surface area contributed by atoms with Gasteiger partial charge in [0.05, 0.1) is 7.11 Å². The molecule has 0 saturated carbocycles. The lowest BCUT2D eigenvalue weighted by atomic mass is 10.2. The smallest absolute Gasteiger partial charge is 0.130 e. The zero-order valence-corrected chi connectivity index (χ0v) is 8.14. The molecule has 1 rings (SSSR count). The lowest BCUT2D eigenvalue weighted by Crippen LogP contribution is -1.86. The van der Waals surface area contributed by atoms with E-state index in [0.29, 0.717) is 11.3 Å². The highest BCUT2D eigenvalue weighted by Crippen LogP contribution is 2.17. The Kier molecular flexibility index (Phi) is 3.29. The Labute approximate surface area is 79.0 Å². The Bertz CT molecular complexity index is 297. The molecule has 0 fully saturated rings. The molecular weight excluding hydrogens is 223 g/mol. The van der Waals surface area contributed by atoms with E-state index >= 15 is 0 Å². The second kappa shape index (κ2) is 4.26. The van der Waals surface area contributed by atoms with Crippen molar-refractivity contribution in [1.82, 2.24) is 0 Å². The predicted molar refractivity (Wildman–Crippen MR) is 50.9 cm³/mol. The molecule has 3 heteroatoms. The molecule has 0 spiro atoms. The van der Waals surface area contributed by atoms with Crippen LogP contribution in [0.5, 0.6) is 5.75 Å². The van der Waals surface area contributed by atoms with Crippen LogP contribution in [0, 0.1) is 5.82 Å². The van der Waals surface area contributed by atoms with E-state index in [1.165, 1.54) is 6.07 Å². The Morgan fingerprint density at radius 1 is 1.50 bits per heavy atom. The summed E-state index contributed by atoms with van der Waals surface area (Å²) in [6.45, 7) is 0. The van der Waals surface area contributed by atoms with Gasteiger partial charge in [-0.3, -0.25) is 0 Å². The van der Waals surface area contributed by atoms with Gasteiger partial charge in [0.25, 0.3) is 0 Å². The summed E-state index contributed by atoms with van der Waals surface area (Å²) in [6.07, 6.45) is 1.62. The van der Waals surface area contributed by atoms with E-state index in [4.69, 9.17) is 4.74 Å². The molecule has 0 N–H and O–H groups in total. The summed E-state index contributed by atoms with van der Waals surface area (Å²) in [4.78, 5) is 1.60. The Morgan fingerprint density at radius 3 is 2.83 bits per heavy atom. The normalized spacial score (nSPS) is 10.6. The highest BCUT2D eigenvalue weighted by molar-refractivity contribution is 9.11. The summed E-state index contributed by atoms with van der Waals surface area (Å²) in [5.74, 6) is 0.392. The average Bonchev–Trinajstić information content (AvgIpc) is 2.09. The van der Waals surface area contributed by atoms with Crippen LogP contribution in [0.1, 0.15) is 5.56 Å². The Balaban J connectivity index is 3.08. The molecule has 64 valence electrons. The van der Waals surface area contributed by atoms with Crippen LogP contribution in [0.15, 0.2) is 23.2 Å². The van der Waals surface area contributed by atoms with Gasteiger partial charge in [0.2, 0.25) is 0 Å². The number of ether oxygens (including phenoxy) is 1. The Morgan fingerprint density at radius 2 is 2.25 bits per heavy atom. The molecule has 1 aromatic carbocycles. The van der Waals surface area contributed by atoms with Crippen molar-refractivity contribution in [3.05, 3.63) is 34.6 Å². The minimum atomic E-state index is -0.258. The first-order valence-electron chi connectivity index (χ1n) is 3.38. The summed E-state index contributed by atoms with van der Waals surface area (Å²) < 4.78 is 17.9. The zero-order chi connectivity index (χ0) is 8.97. The van der Waals surface area contributed by atoms with Crippen molar-refractivity contribution in [1.29, 1.82) is 0 Å². The van der Waals surface area contributed by atoms with Gasteiger partial charge in [-0.25, -0.2) is 4.39 Å². The third-order valence-corrected chi connectivity index (χ3v) is 1.71. The van der Waals surface area contributed by atoms with Crippen LogP contribution in [0.4, 0.5) is 4.39 Å². The SMILES string of the molecule is COc1ccc(F)c(/C=C/Br)c1. The molecule has 0 heterocycles. The molecular formula is C9H8BrFO. The molecule has 0 aliphatic rings. The second-order valence-electron chi connectivity index (χ2n) is 2.18. The third-order valence-electron chi connectivity index (χ3n) is 1.45. The maximum Gasteiger partial charge on any atom is 0.130 e. The second-order valence-corrected chi connectivity index (χ2v) is 2.71. The first-order valence-corrected chi connectivity index (χ1v) is 4.30. The van der Waals surface area contributed by atoms with Gasteiger partial charge in [-0.1, -0.05) is 15.9 Å². The summed E-state index contributed by atoms with van der Waals surface area (Å²) in [6, 6.07) is 4.59. The van der Waals surface area contributed by atoms with E-state index in [0.717, 1.165) is 0 Å². The van der Waals surface area contributed by atoms with Gasteiger partial charge in [-0.2, -0.15) is 0 Å². The van der Waals surface area contributed by atoms with Crippen molar-refractivity contribution in [2.45, 2.75) is 0 Å². The van der Waals surface area contributed by atoms with E-state index in [2.05, 4.69) is 15.9 Å². The predicted octanol–water partition coefficient (Wildman–Crippen LogP) is 3.20. The topological polar surface area (TPSA) is 9.23 Å². The van der Waals surface area contributed by atoms with Crippen molar-refractivity contribution in [3.8, 4) is 5.75 Å².